The number of ether oxygens (including phenoxy) is 2. The molecule has 1 spiro atoms. The van der Waals surface area contributed by atoms with Crippen molar-refractivity contribution in [1.29, 1.82) is 0 Å². The summed E-state index contributed by atoms with van der Waals surface area (Å²) >= 11 is 0. The fourth-order valence-electron chi connectivity index (χ4n) is 4.50. The van der Waals surface area contributed by atoms with E-state index in [9.17, 15) is 34.5 Å². The molecule has 3 N–H and O–H groups in total. The molecule has 0 aromatic rings. The van der Waals surface area contributed by atoms with Crippen molar-refractivity contribution in [2.24, 2.45) is 5.41 Å². The van der Waals surface area contributed by atoms with E-state index in [0.29, 0.717) is 0 Å². The number of Topliss-reactive ketones (excluding diaryl/α,β-unsaturated/α-hetero) is 4. The molecule has 9 heteroatoms. The minimum absolute atomic E-state index is 0.324. The van der Waals surface area contributed by atoms with E-state index >= 15 is 0 Å². The highest BCUT2D eigenvalue weighted by Crippen LogP contribution is 2.74. The zero-order chi connectivity index (χ0) is 20.3. The summed E-state index contributed by atoms with van der Waals surface area (Å²) in [5, 5.41) is 32.3. The van der Waals surface area contributed by atoms with Crippen molar-refractivity contribution in [1.82, 2.24) is 0 Å². The molecule has 1 unspecified atom stereocenters. The number of hydrogen-bond donors (Lipinski definition) is 3. The second-order valence-electron chi connectivity index (χ2n) is 7.35. The lowest BCUT2D eigenvalue weighted by Gasteiger charge is -2.40. The molecule has 2 fully saturated rings. The molecule has 0 aromatic carbocycles. The summed E-state index contributed by atoms with van der Waals surface area (Å²) in [6, 6.07) is 0. The van der Waals surface area contributed by atoms with Crippen molar-refractivity contribution < 1.29 is 44.0 Å². The number of ketones is 4. The van der Waals surface area contributed by atoms with Crippen molar-refractivity contribution in [3.8, 4) is 0 Å². The average molecular weight is 376 g/mol. The van der Waals surface area contributed by atoms with Gasteiger partial charge >= 0.3 is 0 Å². The van der Waals surface area contributed by atoms with Crippen molar-refractivity contribution in [2.45, 2.75) is 44.7 Å². The van der Waals surface area contributed by atoms with Crippen LogP contribution in [0.15, 0.2) is 34.5 Å². The van der Waals surface area contributed by atoms with Gasteiger partial charge in [0.1, 0.15) is 28.3 Å². The maximum atomic E-state index is 13.1. The average Bonchev–Trinajstić information content (AvgIpc) is 3.22. The molecule has 142 valence electrons. The highest BCUT2D eigenvalue weighted by molar-refractivity contribution is 6.26. The summed E-state index contributed by atoms with van der Waals surface area (Å²) in [5.41, 5.74) is -7.95. The van der Waals surface area contributed by atoms with Gasteiger partial charge in [0.05, 0.1) is 0 Å². The fraction of sp³-hybridized carbons (Fsp3) is 0.444. The number of rotatable bonds is 2. The largest absolute Gasteiger partial charge is 0.508 e. The number of carbonyl (C=O) groups is 4. The Morgan fingerprint density at radius 3 is 2.22 bits per heavy atom. The standard InChI is InChI=1S/C18H16O9/c1-6-12(22)16(8(3)20)18(27-16)17(25,13(6)23)15(4)10(26-18)5-9(21)11(7(2)19)14(15)24/h5,21,23,25H,1-4H3/t15-,16+,17+,18?/m0/s1. The smallest absolute Gasteiger partial charge is 0.294 e. The molecular weight excluding hydrogens is 360 g/mol. The molecule has 27 heavy (non-hydrogen) atoms. The van der Waals surface area contributed by atoms with Crippen LogP contribution in [-0.4, -0.2) is 55.4 Å². The van der Waals surface area contributed by atoms with E-state index in [-0.39, 0.29) is 11.3 Å². The fourth-order valence-corrected chi connectivity index (χ4v) is 4.50. The molecule has 2 heterocycles. The van der Waals surface area contributed by atoms with E-state index in [0.717, 1.165) is 19.9 Å². The SMILES string of the molecule is CC(=O)C1=C(O)C=C2OC34O[C@]3(C(C)=O)C(=O)C(C)=C(O)[C@@]4(O)[C@]2(C)C1=O. The molecule has 2 saturated heterocycles. The molecule has 2 aliphatic heterocycles. The Balaban J connectivity index is 2.07. The highest BCUT2D eigenvalue weighted by Gasteiger charge is 2.98. The summed E-state index contributed by atoms with van der Waals surface area (Å²) in [6.07, 6.45) is 0.947. The normalized spacial score (nSPS) is 42.2. The molecule has 0 radical (unpaired) electrons. The van der Waals surface area contributed by atoms with E-state index < -0.39 is 62.6 Å². The Bertz CT molecular complexity index is 998. The van der Waals surface area contributed by atoms with Gasteiger partial charge in [-0.15, -0.1) is 0 Å². The van der Waals surface area contributed by atoms with Gasteiger partial charge in [0.25, 0.3) is 11.4 Å². The first kappa shape index (κ1) is 17.6. The van der Waals surface area contributed by atoms with Crippen LogP contribution < -0.4 is 0 Å². The van der Waals surface area contributed by atoms with Crippen LogP contribution in [-0.2, 0) is 28.7 Å². The van der Waals surface area contributed by atoms with Crippen LogP contribution in [0.25, 0.3) is 0 Å². The highest BCUT2D eigenvalue weighted by atomic mass is 16.8. The van der Waals surface area contributed by atoms with Crippen LogP contribution in [0.3, 0.4) is 0 Å². The molecular formula is C18H16O9. The lowest BCUT2D eigenvalue weighted by molar-refractivity contribution is -0.156. The Morgan fingerprint density at radius 1 is 1.11 bits per heavy atom. The first-order chi connectivity index (χ1) is 12.3. The van der Waals surface area contributed by atoms with Gasteiger partial charge in [0.15, 0.2) is 17.3 Å². The minimum Gasteiger partial charge on any atom is -0.508 e. The third-order valence-corrected chi connectivity index (χ3v) is 6.08. The number of epoxide rings is 1. The van der Waals surface area contributed by atoms with Gasteiger partial charge in [0.2, 0.25) is 11.4 Å². The number of aliphatic hydroxyl groups excluding tert-OH is 2. The quantitative estimate of drug-likeness (QED) is 0.346. The summed E-state index contributed by atoms with van der Waals surface area (Å²) in [6.45, 7) is 4.49. The Kier molecular flexibility index (Phi) is 2.85. The van der Waals surface area contributed by atoms with E-state index in [4.69, 9.17) is 9.47 Å². The monoisotopic (exact) mass is 376 g/mol. The van der Waals surface area contributed by atoms with Gasteiger partial charge in [-0.1, -0.05) is 0 Å². The number of allylic oxidation sites excluding steroid dienone is 2. The maximum Gasteiger partial charge on any atom is 0.294 e. The third kappa shape index (κ3) is 1.37. The topological polar surface area (TPSA) is 151 Å². The number of hydrogen-bond acceptors (Lipinski definition) is 9. The second-order valence-corrected chi connectivity index (χ2v) is 7.35. The zero-order valence-corrected chi connectivity index (χ0v) is 14.9. The van der Waals surface area contributed by atoms with E-state index in [1.54, 1.807) is 0 Å². The molecule has 4 rings (SSSR count). The van der Waals surface area contributed by atoms with Crippen molar-refractivity contribution >= 4 is 23.1 Å². The maximum absolute atomic E-state index is 13.1. The first-order valence-electron chi connectivity index (χ1n) is 8.13. The molecule has 4 aliphatic rings. The Labute approximate surface area is 152 Å². The molecule has 0 bridgehead atoms. The molecule has 4 atom stereocenters. The van der Waals surface area contributed by atoms with Gasteiger partial charge in [-0.2, -0.15) is 0 Å². The van der Waals surface area contributed by atoms with Gasteiger partial charge < -0.3 is 24.8 Å². The number of aliphatic hydroxyl groups is 3. The van der Waals surface area contributed by atoms with Crippen LogP contribution in [0.1, 0.15) is 27.7 Å². The number of carbonyl (C=O) groups excluding carboxylic acids is 4. The predicted octanol–water partition coefficient (Wildman–Crippen LogP) is 0.0907. The van der Waals surface area contributed by atoms with Crippen LogP contribution >= 0.6 is 0 Å². The van der Waals surface area contributed by atoms with Crippen molar-refractivity contribution in [2.75, 3.05) is 0 Å². The lowest BCUT2D eigenvalue weighted by atomic mass is 9.59. The van der Waals surface area contributed by atoms with Crippen LogP contribution in [0.5, 0.6) is 0 Å². The molecule has 0 amide bonds. The zero-order valence-electron chi connectivity index (χ0n) is 14.9. The molecule has 0 saturated carbocycles. The summed E-state index contributed by atoms with van der Waals surface area (Å²) in [7, 11) is 0. The van der Waals surface area contributed by atoms with Crippen LogP contribution in [0.4, 0.5) is 0 Å². The van der Waals surface area contributed by atoms with Crippen LogP contribution in [0.2, 0.25) is 0 Å². The molecule has 9 nitrogen and oxygen atoms in total. The third-order valence-electron chi connectivity index (χ3n) is 6.08. The molecule has 0 aromatic heterocycles. The van der Waals surface area contributed by atoms with Gasteiger partial charge in [-0.05, 0) is 27.7 Å². The predicted molar refractivity (Wildman–Crippen MR) is 85.1 cm³/mol. The Morgan fingerprint density at radius 2 is 1.70 bits per heavy atom. The van der Waals surface area contributed by atoms with Crippen molar-refractivity contribution in [3.05, 3.63) is 34.5 Å². The number of fused-ring (bicyclic) bond motifs is 2. The van der Waals surface area contributed by atoms with Gasteiger partial charge in [-0.25, -0.2) is 0 Å². The van der Waals surface area contributed by atoms with E-state index in [2.05, 4.69) is 0 Å². The summed E-state index contributed by atoms with van der Waals surface area (Å²) in [5.74, 6) is -7.71. The molecule has 2 aliphatic carbocycles. The minimum atomic E-state index is -2.66. The second kappa shape index (κ2) is 4.37. The van der Waals surface area contributed by atoms with Gasteiger partial charge in [0, 0.05) is 11.6 Å². The van der Waals surface area contributed by atoms with Crippen molar-refractivity contribution in [3.63, 3.8) is 0 Å². The Hall–Kier alpha value is -2.78. The van der Waals surface area contributed by atoms with E-state index in [1.165, 1.54) is 13.8 Å². The summed E-state index contributed by atoms with van der Waals surface area (Å²) in [4.78, 5) is 49.9. The van der Waals surface area contributed by atoms with E-state index in [1.807, 2.05) is 0 Å². The van der Waals surface area contributed by atoms with Gasteiger partial charge in [-0.3, -0.25) is 19.2 Å². The van der Waals surface area contributed by atoms with Crippen LogP contribution in [0, 0.1) is 5.41 Å². The first-order valence-corrected chi connectivity index (χ1v) is 8.13. The summed E-state index contributed by atoms with van der Waals surface area (Å²) < 4.78 is 11.0. The lowest BCUT2D eigenvalue weighted by Crippen LogP contribution is -2.64.